The minimum atomic E-state index is -0.527. The van der Waals surface area contributed by atoms with Crippen LogP contribution in [0, 0.1) is 13.8 Å². The Hall–Kier alpha value is -2.53. The smallest absolute Gasteiger partial charge is 0.240 e. The van der Waals surface area contributed by atoms with Gasteiger partial charge in [0.2, 0.25) is 5.91 Å². The molecule has 134 valence electrons. The van der Waals surface area contributed by atoms with Crippen LogP contribution in [0.3, 0.4) is 0 Å². The van der Waals surface area contributed by atoms with Crippen molar-refractivity contribution in [2.75, 3.05) is 0 Å². The molecule has 3 aromatic rings. The Morgan fingerprint density at radius 3 is 2.54 bits per heavy atom. The van der Waals surface area contributed by atoms with Gasteiger partial charge in [0.05, 0.1) is 24.5 Å². The van der Waals surface area contributed by atoms with Gasteiger partial charge in [-0.05, 0) is 56.2 Å². The summed E-state index contributed by atoms with van der Waals surface area (Å²) in [5.74, 6) is 0.923. The first-order valence-electron chi connectivity index (χ1n) is 8.70. The van der Waals surface area contributed by atoms with Gasteiger partial charge in [-0.15, -0.1) is 11.6 Å². The zero-order chi connectivity index (χ0) is 18.4. The number of nitrogens with zero attached hydrogens (tertiary/aromatic N) is 4. The molecule has 5 nitrogen and oxygen atoms in total. The number of alkyl halides is 1. The van der Waals surface area contributed by atoms with Crippen molar-refractivity contribution in [3.63, 3.8) is 0 Å². The summed E-state index contributed by atoms with van der Waals surface area (Å²) in [5, 5.41) is 4.31. The first-order chi connectivity index (χ1) is 12.5. The Kier molecular flexibility index (Phi) is 4.11. The largest absolute Gasteiger partial charge is 0.331 e. The van der Waals surface area contributed by atoms with E-state index < -0.39 is 5.38 Å². The SMILES string of the molecule is Cc1ccc(-n2nc3c(c2-n2cccc2)CN(C(=O)C(C)Cl)C3)cc1C. The summed E-state index contributed by atoms with van der Waals surface area (Å²) in [6, 6.07) is 10.3. The van der Waals surface area contributed by atoms with Gasteiger partial charge in [0.25, 0.3) is 0 Å². The van der Waals surface area contributed by atoms with E-state index in [1.54, 1.807) is 11.8 Å². The van der Waals surface area contributed by atoms with Gasteiger partial charge in [-0.3, -0.25) is 4.79 Å². The number of aryl methyl sites for hydroxylation is 2. The third-order valence-corrected chi connectivity index (χ3v) is 5.15. The average molecular weight is 369 g/mol. The first kappa shape index (κ1) is 16.9. The second-order valence-corrected chi connectivity index (χ2v) is 7.48. The van der Waals surface area contributed by atoms with E-state index in [0.717, 1.165) is 22.8 Å². The number of amides is 1. The molecular formula is C20H21ClN4O. The number of fused-ring (bicyclic) bond motifs is 1. The molecule has 26 heavy (non-hydrogen) atoms. The van der Waals surface area contributed by atoms with Crippen molar-refractivity contribution >= 4 is 17.5 Å². The molecule has 2 aromatic heterocycles. The minimum Gasteiger partial charge on any atom is -0.331 e. The van der Waals surface area contributed by atoms with Crippen LogP contribution in [0.15, 0.2) is 42.7 Å². The average Bonchev–Trinajstić information content (AvgIpc) is 3.31. The monoisotopic (exact) mass is 368 g/mol. The van der Waals surface area contributed by atoms with Gasteiger partial charge in [0.1, 0.15) is 11.2 Å². The highest BCUT2D eigenvalue weighted by atomic mass is 35.5. The fourth-order valence-electron chi connectivity index (χ4n) is 3.39. The highest BCUT2D eigenvalue weighted by Crippen LogP contribution is 2.31. The molecular weight excluding hydrogens is 348 g/mol. The van der Waals surface area contributed by atoms with Gasteiger partial charge in [0, 0.05) is 18.0 Å². The van der Waals surface area contributed by atoms with E-state index in [1.807, 2.05) is 29.2 Å². The molecule has 1 aliphatic heterocycles. The third kappa shape index (κ3) is 2.72. The summed E-state index contributed by atoms with van der Waals surface area (Å²) >= 11 is 5.99. The zero-order valence-corrected chi connectivity index (χ0v) is 15.9. The molecule has 1 aliphatic rings. The van der Waals surface area contributed by atoms with Crippen LogP contribution in [0.1, 0.15) is 29.3 Å². The van der Waals surface area contributed by atoms with Gasteiger partial charge in [-0.1, -0.05) is 6.07 Å². The van der Waals surface area contributed by atoms with Crippen LogP contribution in [-0.2, 0) is 17.9 Å². The molecule has 4 rings (SSSR count). The molecule has 1 aromatic carbocycles. The zero-order valence-electron chi connectivity index (χ0n) is 15.1. The highest BCUT2D eigenvalue weighted by Gasteiger charge is 2.32. The lowest BCUT2D eigenvalue weighted by atomic mass is 10.1. The molecule has 1 atom stereocenters. The lowest BCUT2D eigenvalue weighted by Crippen LogP contribution is -2.31. The predicted octanol–water partition coefficient (Wildman–Crippen LogP) is 3.75. The summed E-state index contributed by atoms with van der Waals surface area (Å²) in [5.41, 5.74) is 5.51. The van der Waals surface area contributed by atoms with Crippen molar-refractivity contribution in [3.8, 4) is 11.5 Å². The molecule has 0 saturated carbocycles. The van der Waals surface area contributed by atoms with Gasteiger partial charge < -0.3 is 9.47 Å². The van der Waals surface area contributed by atoms with Crippen molar-refractivity contribution < 1.29 is 4.79 Å². The molecule has 0 bridgehead atoms. The molecule has 1 amide bonds. The molecule has 3 heterocycles. The number of halogens is 1. The lowest BCUT2D eigenvalue weighted by molar-refractivity contribution is -0.131. The summed E-state index contributed by atoms with van der Waals surface area (Å²) in [7, 11) is 0. The third-order valence-electron chi connectivity index (χ3n) is 4.97. The number of rotatable bonds is 3. The quantitative estimate of drug-likeness (QED) is 0.661. The van der Waals surface area contributed by atoms with E-state index in [9.17, 15) is 4.79 Å². The molecule has 6 heteroatoms. The van der Waals surface area contributed by atoms with Gasteiger partial charge in [0.15, 0.2) is 0 Å². The summed E-state index contributed by atoms with van der Waals surface area (Å²) in [6.45, 7) is 6.95. The molecule has 0 saturated heterocycles. The molecule has 0 spiro atoms. The first-order valence-corrected chi connectivity index (χ1v) is 9.14. The van der Waals surface area contributed by atoms with E-state index in [1.165, 1.54) is 11.1 Å². The van der Waals surface area contributed by atoms with E-state index in [0.29, 0.717) is 13.1 Å². The van der Waals surface area contributed by atoms with Crippen molar-refractivity contribution in [1.29, 1.82) is 0 Å². The van der Waals surface area contributed by atoms with Crippen LogP contribution in [-0.4, -0.2) is 30.5 Å². The van der Waals surface area contributed by atoms with Crippen LogP contribution >= 0.6 is 11.6 Å². The molecule has 0 radical (unpaired) electrons. The van der Waals surface area contributed by atoms with E-state index >= 15 is 0 Å². The fraction of sp³-hybridized carbons (Fsp3) is 0.300. The number of carbonyl (C=O) groups excluding carboxylic acids is 1. The molecule has 0 N–H and O–H groups in total. The highest BCUT2D eigenvalue weighted by molar-refractivity contribution is 6.30. The van der Waals surface area contributed by atoms with Crippen LogP contribution in [0.2, 0.25) is 0 Å². The number of benzene rings is 1. The summed E-state index contributed by atoms with van der Waals surface area (Å²) in [6.07, 6.45) is 4.01. The minimum absolute atomic E-state index is 0.0548. The van der Waals surface area contributed by atoms with E-state index in [4.69, 9.17) is 16.7 Å². The lowest BCUT2D eigenvalue weighted by Gasteiger charge is -2.18. The van der Waals surface area contributed by atoms with Gasteiger partial charge in [-0.25, -0.2) is 4.68 Å². The number of carbonyl (C=O) groups is 1. The van der Waals surface area contributed by atoms with Crippen LogP contribution in [0.25, 0.3) is 11.5 Å². The van der Waals surface area contributed by atoms with Crippen LogP contribution in [0.4, 0.5) is 0 Å². The Morgan fingerprint density at radius 2 is 1.88 bits per heavy atom. The number of hydrogen-bond acceptors (Lipinski definition) is 2. The van der Waals surface area contributed by atoms with Crippen molar-refractivity contribution in [3.05, 3.63) is 65.1 Å². The normalized spacial score (nSPS) is 14.5. The fourth-order valence-corrected chi connectivity index (χ4v) is 3.53. The topological polar surface area (TPSA) is 43.1 Å². The van der Waals surface area contributed by atoms with E-state index in [-0.39, 0.29) is 5.91 Å². The van der Waals surface area contributed by atoms with Crippen LogP contribution in [0.5, 0.6) is 0 Å². The van der Waals surface area contributed by atoms with Gasteiger partial charge in [-0.2, -0.15) is 5.10 Å². The number of hydrogen-bond donors (Lipinski definition) is 0. The Morgan fingerprint density at radius 1 is 1.15 bits per heavy atom. The summed E-state index contributed by atoms with van der Waals surface area (Å²) < 4.78 is 4.03. The Labute approximate surface area is 157 Å². The maximum Gasteiger partial charge on any atom is 0.240 e. The predicted molar refractivity (Wildman–Crippen MR) is 102 cm³/mol. The van der Waals surface area contributed by atoms with Crippen molar-refractivity contribution in [1.82, 2.24) is 19.2 Å². The Balaban J connectivity index is 1.82. The summed E-state index contributed by atoms with van der Waals surface area (Å²) in [4.78, 5) is 14.1. The second-order valence-electron chi connectivity index (χ2n) is 6.83. The standard InChI is InChI=1S/C20H21ClN4O/c1-13-6-7-16(10-14(13)2)25-19(23-8-4-5-9-23)17-11-24(12-18(17)22-25)20(26)15(3)21/h4-10,15H,11-12H2,1-3H3. The molecule has 0 fully saturated rings. The molecule has 1 unspecified atom stereocenters. The number of aromatic nitrogens is 3. The maximum atomic E-state index is 12.3. The van der Waals surface area contributed by atoms with E-state index in [2.05, 4.69) is 36.6 Å². The Bertz CT molecular complexity index is 972. The van der Waals surface area contributed by atoms with Crippen molar-refractivity contribution in [2.24, 2.45) is 0 Å². The van der Waals surface area contributed by atoms with Gasteiger partial charge >= 0.3 is 0 Å². The molecule has 0 aliphatic carbocycles. The maximum absolute atomic E-state index is 12.3. The van der Waals surface area contributed by atoms with Crippen molar-refractivity contribution in [2.45, 2.75) is 39.2 Å². The van der Waals surface area contributed by atoms with Crippen LogP contribution < -0.4 is 0 Å². The second kappa shape index (κ2) is 6.32.